The molecule has 0 aromatic heterocycles. The van der Waals surface area contributed by atoms with Gasteiger partial charge in [-0.05, 0) is 51.8 Å². The van der Waals surface area contributed by atoms with Crippen molar-refractivity contribution < 1.29 is 9.47 Å². The zero-order valence-electron chi connectivity index (χ0n) is 18.5. The lowest BCUT2D eigenvalue weighted by molar-refractivity contribution is 0.0732. The Bertz CT molecular complexity index is 606. The predicted molar refractivity (Wildman–Crippen MR) is 132 cm³/mol. The summed E-state index contributed by atoms with van der Waals surface area (Å²) in [5, 5.41) is 6.92. The molecule has 0 unspecified atom stereocenters. The van der Waals surface area contributed by atoms with Crippen LogP contribution < -0.4 is 15.4 Å². The summed E-state index contributed by atoms with van der Waals surface area (Å²) in [5.74, 6) is 1.79. The monoisotopic (exact) mass is 518 g/mol. The molecule has 0 atom stereocenters. The van der Waals surface area contributed by atoms with Crippen LogP contribution in [0.15, 0.2) is 29.3 Å². The summed E-state index contributed by atoms with van der Waals surface area (Å²) in [4.78, 5) is 6.92. The van der Waals surface area contributed by atoms with Crippen molar-refractivity contribution in [1.29, 1.82) is 0 Å². The quantitative estimate of drug-likeness (QED) is 0.252. The molecule has 0 saturated heterocycles. The van der Waals surface area contributed by atoms with Crippen LogP contribution in [0.3, 0.4) is 0 Å². The minimum Gasteiger partial charge on any atom is -0.492 e. The van der Waals surface area contributed by atoms with Gasteiger partial charge in [0.15, 0.2) is 5.96 Å². The first-order valence-electron chi connectivity index (χ1n) is 10.4. The van der Waals surface area contributed by atoms with E-state index in [1.165, 1.54) is 19.3 Å². The summed E-state index contributed by atoms with van der Waals surface area (Å²) in [6, 6.07) is 8.16. The molecule has 1 aliphatic rings. The Balaban J connectivity index is 0.00000420. The fourth-order valence-corrected chi connectivity index (χ4v) is 3.40. The summed E-state index contributed by atoms with van der Waals surface area (Å²) in [6.07, 6.45) is 4.96. The molecule has 1 aromatic carbocycles. The topological polar surface area (TPSA) is 58.1 Å². The first kappa shape index (κ1) is 26.0. The van der Waals surface area contributed by atoms with Crippen LogP contribution in [0.5, 0.6) is 5.75 Å². The average molecular weight is 518 g/mol. The van der Waals surface area contributed by atoms with Gasteiger partial charge in [-0.3, -0.25) is 0 Å². The van der Waals surface area contributed by atoms with Gasteiger partial charge in [0.25, 0.3) is 0 Å². The molecule has 0 spiro atoms. The third-order valence-electron chi connectivity index (χ3n) is 5.40. The number of ether oxygens (including phenoxy) is 2. The van der Waals surface area contributed by atoms with E-state index in [4.69, 9.17) is 14.5 Å². The van der Waals surface area contributed by atoms with E-state index in [2.05, 4.69) is 42.6 Å². The number of hydrogen-bond acceptors (Lipinski definition) is 4. The SMILES string of the molecule is CCNC(=NCc1ccccc1OCCN(C)C)NCC1(CCOC)CCC1.I. The third kappa shape index (κ3) is 9.09. The third-order valence-corrected chi connectivity index (χ3v) is 5.40. The minimum absolute atomic E-state index is 0. The molecule has 7 heteroatoms. The van der Waals surface area contributed by atoms with Crippen LogP contribution in [0.25, 0.3) is 0 Å². The van der Waals surface area contributed by atoms with Gasteiger partial charge in [0.1, 0.15) is 12.4 Å². The summed E-state index contributed by atoms with van der Waals surface area (Å²) in [7, 11) is 5.88. The molecule has 2 rings (SSSR count). The average Bonchev–Trinajstić information content (AvgIpc) is 2.65. The van der Waals surface area contributed by atoms with Gasteiger partial charge in [-0.15, -0.1) is 24.0 Å². The van der Waals surface area contributed by atoms with Gasteiger partial charge in [0.05, 0.1) is 6.54 Å². The van der Waals surface area contributed by atoms with Crippen molar-refractivity contribution in [2.45, 2.75) is 39.2 Å². The van der Waals surface area contributed by atoms with E-state index >= 15 is 0 Å². The summed E-state index contributed by atoms with van der Waals surface area (Å²) < 4.78 is 11.3. The first-order valence-corrected chi connectivity index (χ1v) is 10.4. The number of benzene rings is 1. The maximum absolute atomic E-state index is 5.96. The molecule has 0 heterocycles. The second-order valence-electron chi connectivity index (χ2n) is 7.90. The molecule has 1 saturated carbocycles. The largest absolute Gasteiger partial charge is 0.492 e. The van der Waals surface area contributed by atoms with Gasteiger partial charge in [-0.25, -0.2) is 4.99 Å². The Kier molecular flexibility index (Phi) is 12.6. The van der Waals surface area contributed by atoms with Gasteiger partial charge in [-0.2, -0.15) is 0 Å². The first-order chi connectivity index (χ1) is 13.6. The molecule has 0 radical (unpaired) electrons. The Morgan fingerprint density at radius 3 is 2.55 bits per heavy atom. The van der Waals surface area contributed by atoms with Crippen LogP contribution >= 0.6 is 24.0 Å². The molecule has 6 nitrogen and oxygen atoms in total. The highest BCUT2D eigenvalue weighted by molar-refractivity contribution is 14.0. The van der Waals surface area contributed by atoms with Crippen LogP contribution in [0.2, 0.25) is 0 Å². The molecule has 0 amide bonds. The number of methoxy groups -OCH3 is 1. The fourth-order valence-electron chi connectivity index (χ4n) is 3.40. The summed E-state index contributed by atoms with van der Waals surface area (Å²) in [5.41, 5.74) is 1.47. The zero-order valence-corrected chi connectivity index (χ0v) is 20.8. The van der Waals surface area contributed by atoms with Gasteiger partial charge in [0.2, 0.25) is 0 Å². The van der Waals surface area contributed by atoms with Crippen molar-refractivity contribution in [3.63, 3.8) is 0 Å². The Morgan fingerprint density at radius 1 is 1.17 bits per heavy atom. The van der Waals surface area contributed by atoms with Crippen LogP contribution in [0.1, 0.15) is 38.2 Å². The number of halogens is 1. The van der Waals surface area contributed by atoms with Gasteiger partial charge in [0, 0.05) is 38.9 Å². The van der Waals surface area contributed by atoms with Gasteiger partial charge in [-0.1, -0.05) is 24.6 Å². The lowest BCUT2D eigenvalue weighted by Crippen LogP contribution is -2.46. The molecule has 0 aliphatic heterocycles. The standard InChI is InChI=1S/C22H38N4O2.HI/c1-5-23-21(25-18-22(11-8-12-22)13-15-27-4)24-17-19-9-6-7-10-20(19)28-16-14-26(2)3;/h6-7,9-10H,5,8,11-18H2,1-4H3,(H2,23,24,25);1H. The molecule has 2 N–H and O–H groups in total. The maximum atomic E-state index is 5.96. The highest BCUT2D eigenvalue weighted by Gasteiger charge is 2.36. The lowest BCUT2D eigenvalue weighted by atomic mass is 9.67. The van der Waals surface area contributed by atoms with E-state index in [9.17, 15) is 0 Å². The number of nitrogens with one attached hydrogen (secondary N) is 2. The van der Waals surface area contributed by atoms with Gasteiger partial charge >= 0.3 is 0 Å². The van der Waals surface area contributed by atoms with Crippen molar-refractivity contribution >= 4 is 29.9 Å². The number of aliphatic imine (C=N–C) groups is 1. The number of nitrogens with zero attached hydrogens (tertiary/aromatic N) is 2. The molecule has 1 aliphatic carbocycles. The van der Waals surface area contributed by atoms with Crippen LogP contribution in [-0.4, -0.2) is 64.9 Å². The van der Waals surface area contributed by atoms with Crippen LogP contribution in [0, 0.1) is 5.41 Å². The predicted octanol–water partition coefficient (Wildman–Crippen LogP) is 3.51. The summed E-state index contributed by atoms with van der Waals surface area (Å²) in [6.45, 7) is 6.88. The number of hydrogen-bond donors (Lipinski definition) is 2. The van der Waals surface area contributed by atoms with Gasteiger partial charge < -0.3 is 25.0 Å². The van der Waals surface area contributed by atoms with E-state index < -0.39 is 0 Å². The van der Waals surface area contributed by atoms with E-state index in [0.29, 0.717) is 18.6 Å². The number of para-hydroxylation sites is 1. The van der Waals surface area contributed by atoms with Crippen molar-refractivity contribution in [1.82, 2.24) is 15.5 Å². The molecule has 166 valence electrons. The highest BCUT2D eigenvalue weighted by Crippen LogP contribution is 2.43. The Morgan fingerprint density at radius 2 is 1.93 bits per heavy atom. The molecule has 1 fully saturated rings. The molecular formula is C22H39IN4O2. The van der Waals surface area contributed by atoms with E-state index in [-0.39, 0.29) is 24.0 Å². The number of likely N-dealkylation sites (N-methyl/N-ethyl adjacent to an activating group) is 1. The van der Waals surface area contributed by atoms with Crippen molar-refractivity contribution in [2.24, 2.45) is 10.4 Å². The maximum Gasteiger partial charge on any atom is 0.191 e. The Hall–Kier alpha value is -1.06. The fraction of sp³-hybridized carbons (Fsp3) is 0.682. The lowest BCUT2D eigenvalue weighted by Gasteiger charge is -2.42. The van der Waals surface area contributed by atoms with Crippen LogP contribution in [0.4, 0.5) is 0 Å². The minimum atomic E-state index is 0. The summed E-state index contributed by atoms with van der Waals surface area (Å²) >= 11 is 0. The Labute approximate surface area is 193 Å². The second-order valence-corrected chi connectivity index (χ2v) is 7.90. The molecule has 29 heavy (non-hydrogen) atoms. The molecular weight excluding hydrogens is 479 g/mol. The van der Waals surface area contributed by atoms with E-state index in [1.807, 2.05) is 18.2 Å². The van der Waals surface area contributed by atoms with Crippen molar-refractivity contribution in [2.75, 3.05) is 54.1 Å². The van der Waals surface area contributed by atoms with Crippen molar-refractivity contribution in [3.05, 3.63) is 29.8 Å². The smallest absolute Gasteiger partial charge is 0.191 e. The zero-order chi connectivity index (χ0) is 20.2. The van der Waals surface area contributed by atoms with Crippen LogP contribution in [-0.2, 0) is 11.3 Å². The van der Waals surface area contributed by atoms with E-state index in [0.717, 1.165) is 49.9 Å². The number of guanidine groups is 1. The molecule has 1 aromatic rings. The second kappa shape index (κ2) is 14.0. The number of rotatable bonds is 12. The van der Waals surface area contributed by atoms with E-state index in [1.54, 1.807) is 7.11 Å². The normalized spacial score (nSPS) is 15.4. The molecule has 0 bridgehead atoms. The van der Waals surface area contributed by atoms with Crippen molar-refractivity contribution in [3.8, 4) is 5.75 Å². The highest BCUT2D eigenvalue weighted by atomic mass is 127.